The van der Waals surface area contributed by atoms with Gasteiger partial charge in [0, 0.05) is 21.8 Å². The van der Waals surface area contributed by atoms with Crippen LogP contribution in [0.15, 0.2) is 83.5 Å². The van der Waals surface area contributed by atoms with Gasteiger partial charge in [-0.05, 0) is 42.8 Å². The molecule has 2 aliphatic heterocycles. The van der Waals surface area contributed by atoms with Crippen LogP contribution in [0.4, 0.5) is 11.4 Å². The zero-order valence-corrected chi connectivity index (χ0v) is 22.4. The van der Waals surface area contributed by atoms with Crippen molar-refractivity contribution >= 4 is 52.3 Å². The first kappa shape index (κ1) is 26.0. The smallest absolute Gasteiger partial charge is 0.283 e. The highest BCUT2D eigenvalue weighted by atomic mass is 35.5. The maximum absolute atomic E-state index is 13.2. The number of rotatable bonds is 6. The molecule has 3 aromatic carbocycles. The van der Waals surface area contributed by atoms with Crippen molar-refractivity contribution in [3.05, 3.63) is 105 Å². The van der Waals surface area contributed by atoms with Crippen molar-refractivity contribution in [2.75, 3.05) is 36.4 Å². The van der Waals surface area contributed by atoms with Crippen molar-refractivity contribution < 1.29 is 19.3 Å². The minimum atomic E-state index is -0.637. The Morgan fingerprint density at radius 1 is 0.921 bits per heavy atom. The number of anilines is 2. The van der Waals surface area contributed by atoms with Crippen LogP contribution in [0.5, 0.6) is 0 Å². The van der Waals surface area contributed by atoms with Crippen LogP contribution in [-0.2, 0) is 16.1 Å². The maximum atomic E-state index is 13.2. The molecule has 0 saturated carbocycles. The highest BCUT2D eigenvalue weighted by molar-refractivity contribution is 6.53. The topological polar surface area (TPSA) is 74.2 Å². The van der Waals surface area contributed by atoms with Gasteiger partial charge in [0.2, 0.25) is 0 Å². The summed E-state index contributed by atoms with van der Waals surface area (Å²) in [6, 6.07) is 22.2. The van der Waals surface area contributed by atoms with Crippen molar-refractivity contribution in [3.63, 3.8) is 0 Å². The summed E-state index contributed by atoms with van der Waals surface area (Å²) in [6.45, 7) is 5.84. The zero-order chi connectivity index (χ0) is 26.8. The molecule has 3 amide bonds. The number of quaternary nitrogens is 1. The van der Waals surface area contributed by atoms with E-state index in [1.807, 2.05) is 30.0 Å². The van der Waals surface area contributed by atoms with Crippen LogP contribution in [0, 0.1) is 6.92 Å². The number of nitrogens with one attached hydrogen (secondary N) is 2. The van der Waals surface area contributed by atoms with Crippen LogP contribution >= 0.6 is 23.2 Å². The lowest BCUT2D eigenvalue weighted by Gasteiger charge is -2.32. The molecule has 2 N–H and O–H groups in total. The molecule has 0 atom stereocenters. The molecule has 2 heterocycles. The van der Waals surface area contributed by atoms with Gasteiger partial charge in [-0.15, -0.1) is 0 Å². The van der Waals surface area contributed by atoms with Gasteiger partial charge in [-0.1, -0.05) is 65.7 Å². The van der Waals surface area contributed by atoms with E-state index >= 15 is 0 Å². The maximum Gasteiger partial charge on any atom is 0.283 e. The average molecular weight is 550 g/mol. The van der Waals surface area contributed by atoms with Crippen LogP contribution in [0.2, 0.25) is 5.02 Å². The van der Waals surface area contributed by atoms with Gasteiger partial charge in [0.05, 0.1) is 31.9 Å². The molecule has 1 fully saturated rings. The molecule has 3 aromatic rings. The fourth-order valence-electron chi connectivity index (χ4n) is 4.71. The highest BCUT2D eigenvalue weighted by Gasteiger charge is 2.39. The Balaban J connectivity index is 1.25. The molecule has 38 heavy (non-hydrogen) atoms. The van der Waals surface area contributed by atoms with Gasteiger partial charge in [0.15, 0.2) is 0 Å². The fraction of sp³-hybridized carbons (Fsp3) is 0.207. The first-order valence-corrected chi connectivity index (χ1v) is 13.2. The number of imide groups is 1. The molecule has 1 saturated heterocycles. The lowest BCUT2D eigenvalue weighted by Crippen LogP contribution is -3.13. The third kappa shape index (κ3) is 5.31. The van der Waals surface area contributed by atoms with Crippen molar-refractivity contribution in [1.82, 2.24) is 4.90 Å². The summed E-state index contributed by atoms with van der Waals surface area (Å²) in [5.41, 5.74) is 3.39. The van der Waals surface area contributed by atoms with Gasteiger partial charge in [-0.2, -0.15) is 0 Å². The SMILES string of the molecule is Cc1ccc(N2C(=O)C(Cl)=C(Nc3cccc(C(=O)N4CC[NH+](Cc5ccccc5)CC4)c3)C2=O)cc1Cl. The summed E-state index contributed by atoms with van der Waals surface area (Å²) in [5, 5.41) is 3.17. The van der Waals surface area contributed by atoms with E-state index < -0.39 is 11.8 Å². The quantitative estimate of drug-likeness (QED) is 0.460. The molecular weight excluding hydrogens is 523 g/mol. The Hall–Kier alpha value is -3.65. The second kappa shape index (κ2) is 11.0. The number of hydrogen-bond donors (Lipinski definition) is 2. The lowest BCUT2D eigenvalue weighted by atomic mass is 10.1. The summed E-state index contributed by atoms with van der Waals surface area (Å²) in [6.07, 6.45) is 0. The van der Waals surface area contributed by atoms with Gasteiger partial charge in [-0.25, -0.2) is 4.90 Å². The molecule has 0 bridgehead atoms. The Labute approximate surface area is 231 Å². The van der Waals surface area contributed by atoms with E-state index in [0.717, 1.165) is 30.1 Å². The van der Waals surface area contributed by atoms with Gasteiger partial charge >= 0.3 is 0 Å². The third-order valence-corrected chi connectivity index (χ3v) is 7.63. The van der Waals surface area contributed by atoms with Crippen molar-refractivity contribution in [3.8, 4) is 0 Å². The number of hydrogen-bond acceptors (Lipinski definition) is 4. The first-order valence-electron chi connectivity index (χ1n) is 12.4. The zero-order valence-electron chi connectivity index (χ0n) is 20.8. The molecule has 2 aliphatic rings. The second-order valence-electron chi connectivity index (χ2n) is 9.48. The average Bonchev–Trinajstić information content (AvgIpc) is 3.14. The van der Waals surface area contributed by atoms with E-state index in [4.69, 9.17) is 23.2 Å². The standard InChI is InChI=1S/C29H26Cl2N4O3/c1-19-10-11-23(17-24(19)30)35-28(37)25(31)26(29(35)38)32-22-9-5-8-21(16-22)27(36)34-14-12-33(13-15-34)18-20-6-3-2-4-7-20/h2-11,16-17,32H,12-15,18H2,1H3/p+1. The monoisotopic (exact) mass is 549 g/mol. The number of piperazine rings is 1. The lowest BCUT2D eigenvalue weighted by molar-refractivity contribution is -0.917. The molecule has 0 radical (unpaired) electrons. The normalized spacial score (nSPS) is 16.4. The van der Waals surface area contributed by atoms with Crippen LogP contribution in [0.25, 0.3) is 0 Å². The number of aryl methyl sites for hydroxylation is 1. The number of nitrogens with zero attached hydrogens (tertiary/aromatic N) is 2. The predicted octanol–water partition coefficient (Wildman–Crippen LogP) is 3.63. The summed E-state index contributed by atoms with van der Waals surface area (Å²) in [5.74, 6) is -1.30. The van der Waals surface area contributed by atoms with Crippen molar-refractivity contribution in [1.29, 1.82) is 0 Å². The fourth-order valence-corrected chi connectivity index (χ4v) is 5.10. The van der Waals surface area contributed by atoms with Crippen molar-refractivity contribution in [2.24, 2.45) is 0 Å². The number of benzene rings is 3. The Morgan fingerprint density at radius 2 is 1.66 bits per heavy atom. The summed E-state index contributed by atoms with van der Waals surface area (Å²) < 4.78 is 0. The molecule has 0 aromatic heterocycles. The van der Waals surface area contributed by atoms with E-state index in [-0.39, 0.29) is 16.6 Å². The molecule has 7 nitrogen and oxygen atoms in total. The van der Waals surface area contributed by atoms with Gasteiger partial charge < -0.3 is 15.1 Å². The van der Waals surface area contributed by atoms with E-state index in [0.29, 0.717) is 35.1 Å². The summed E-state index contributed by atoms with van der Waals surface area (Å²) >= 11 is 12.5. The molecule has 5 rings (SSSR count). The van der Waals surface area contributed by atoms with Crippen LogP contribution < -0.4 is 15.1 Å². The predicted molar refractivity (Wildman–Crippen MR) is 148 cm³/mol. The number of amides is 3. The second-order valence-corrected chi connectivity index (χ2v) is 10.3. The largest absolute Gasteiger partial charge is 0.350 e. The van der Waals surface area contributed by atoms with E-state index in [9.17, 15) is 14.4 Å². The molecule has 194 valence electrons. The van der Waals surface area contributed by atoms with Crippen LogP contribution in [0.3, 0.4) is 0 Å². The van der Waals surface area contributed by atoms with E-state index in [2.05, 4.69) is 17.4 Å². The molecule has 0 spiro atoms. The minimum absolute atomic E-state index is 0.0453. The van der Waals surface area contributed by atoms with Crippen LogP contribution in [-0.4, -0.2) is 48.8 Å². The summed E-state index contributed by atoms with van der Waals surface area (Å²) in [7, 11) is 0. The van der Waals surface area contributed by atoms with Gasteiger partial charge in [-0.3, -0.25) is 14.4 Å². The Kier molecular flexibility index (Phi) is 7.51. The molecule has 0 unspecified atom stereocenters. The first-order chi connectivity index (χ1) is 18.3. The van der Waals surface area contributed by atoms with Gasteiger partial charge in [0.25, 0.3) is 17.7 Å². The number of halogens is 2. The van der Waals surface area contributed by atoms with Gasteiger partial charge in [0.1, 0.15) is 17.3 Å². The van der Waals surface area contributed by atoms with Crippen molar-refractivity contribution in [2.45, 2.75) is 13.5 Å². The number of carbonyl (C=O) groups excluding carboxylic acids is 3. The number of carbonyl (C=O) groups is 3. The highest BCUT2D eigenvalue weighted by Crippen LogP contribution is 2.32. The molecule has 0 aliphatic carbocycles. The summed E-state index contributed by atoms with van der Waals surface area (Å²) in [4.78, 5) is 43.5. The molecular formula is C29H27Cl2N4O3+. The third-order valence-electron chi connectivity index (χ3n) is 6.87. The Morgan fingerprint density at radius 3 is 2.37 bits per heavy atom. The van der Waals surface area contributed by atoms with E-state index in [1.54, 1.807) is 42.5 Å². The molecule has 9 heteroatoms. The minimum Gasteiger partial charge on any atom is -0.350 e. The van der Waals surface area contributed by atoms with E-state index in [1.165, 1.54) is 10.5 Å². The Bertz CT molecular complexity index is 1430. The van der Waals surface area contributed by atoms with Crippen LogP contribution in [0.1, 0.15) is 21.5 Å².